The summed E-state index contributed by atoms with van der Waals surface area (Å²) in [6.07, 6.45) is 5.70. The minimum atomic E-state index is -1.44. The number of likely N-dealkylation sites (N-methyl/N-ethyl adjacent to an activating group) is 1. The van der Waals surface area contributed by atoms with Crippen molar-refractivity contribution in [2.24, 2.45) is 0 Å². The van der Waals surface area contributed by atoms with E-state index >= 15 is 0 Å². The lowest BCUT2D eigenvalue weighted by Crippen LogP contribution is -2.44. The molecule has 0 bridgehead atoms. The molecule has 7 nitrogen and oxygen atoms in total. The van der Waals surface area contributed by atoms with Crippen LogP contribution in [-0.4, -0.2) is 58.8 Å². The van der Waals surface area contributed by atoms with Gasteiger partial charge in [0.05, 0.1) is 18.1 Å². The van der Waals surface area contributed by atoms with E-state index in [1.807, 2.05) is 0 Å². The van der Waals surface area contributed by atoms with E-state index in [0.717, 1.165) is 24.2 Å². The Balaban J connectivity index is 1.60. The second-order valence-electron chi connectivity index (χ2n) is 8.86. The predicted octanol–water partition coefficient (Wildman–Crippen LogP) is 2.84. The molecule has 1 aromatic carbocycles. The number of ether oxygens (including phenoxy) is 1. The second-order valence-corrected chi connectivity index (χ2v) is 8.86. The van der Waals surface area contributed by atoms with Crippen LogP contribution in [-0.2, 0) is 31.1 Å². The van der Waals surface area contributed by atoms with Crippen molar-refractivity contribution in [1.29, 1.82) is 0 Å². The number of hydrogen-bond donors (Lipinski definition) is 0. The van der Waals surface area contributed by atoms with Gasteiger partial charge in [0.2, 0.25) is 17.7 Å². The van der Waals surface area contributed by atoms with E-state index in [0.29, 0.717) is 24.3 Å². The van der Waals surface area contributed by atoms with Gasteiger partial charge in [0.15, 0.2) is 0 Å². The van der Waals surface area contributed by atoms with Crippen LogP contribution in [0.2, 0.25) is 0 Å². The minimum absolute atomic E-state index is 0.0409. The zero-order chi connectivity index (χ0) is 23.4. The van der Waals surface area contributed by atoms with E-state index in [-0.39, 0.29) is 37.3 Å². The molecule has 0 aliphatic carbocycles. The number of hydrogen-bond acceptors (Lipinski definition) is 5. The molecule has 0 saturated carbocycles. The van der Waals surface area contributed by atoms with Gasteiger partial charge in [-0.3, -0.25) is 24.3 Å². The van der Waals surface area contributed by atoms with E-state index in [4.69, 9.17) is 4.74 Å². The monoisotopic (exact) mass is 453 g/mol. The molecule has 4 rings (SSSR count). The molecule has 0 N–H and O–H groups in total. The molecule has 174 valence electrons. The topological polar surface area (TPSA) is 79.8 Å². The fourth-order valence-electron chi connectivity index (χ4n) is 4.64. The zero-order valence-electron chi connectivity index (χ0n) is 18.7. The van der Waals surface area contributed by atoms with E-state index in [9.17, 15) is 18.8 Å². The lowest BCUT2D eigenvalue weighted by atomic mass is 9.75. The summed E-state index contributed by atoms with van der Waals surface area (Å²) < 4.78 is 19.9. The number of nitrogens with zero attached hydrogens (tertiary/aromatic N) is 3. The molecule has 1 aromatic heterocycles. The van der Waals surface area contributed by atoms with Crippen molar-refractivity contribution in [2.75, 3.05) is 20.2 Å². The number of carbonyl (C=O) groups is 3. The van der Waals surface area contributed by atoms with Gasteiger partial charge in [0.1, 0.15) is 5.82 Å². The summed E-state index contributed by atoms with van der Waals surface area (Å²) in [6, 6.07) is 9.14. The highest BCUT2D eigenvalue weighted by molar-refractivity contribution is 6.10. The molecule has 0 radical (unpaired) electrons. The Morgan fingerprint density at radius 2 is 2.12 bits per heavy atom. The lowest BCUT2D eigenvalue weighted by molar-refractivity contribution is -0.143. The number of likely N-dealkylation sites (tertiary alicyclic amines) is 1. The van der Waals surface area contributed by atoms with Crippen LogP contribution in [0, 0.1) is 5.82 Å². The van der Waals surface area contributed by atoms with E-state index in [2.05, 4.69) is 4.98 Å². The van der Waals surface area contributed by atoms with Crippen LogP contribution in [0.25, 0.3) is 0 Å². The highest BCUT2D eigenvalue weighted by atomic mass is 19.1. The third kappa shape index (κ3) is 4.95. The van der Waals surface area contributed by atoms with Crippen molar-refractivity contribution in [1.82, 2.24) is 14.8 Å². The number of benzene rings is 1. The lowest BCUT2D eigenvalue weighted by Gasteiger charge is -2.31. The molecule has 2 atom stereocenters. The average molecular weight is 454 g/mol. The number of halogens is 1. The standard InChI is InChI=1S/C25H28FN3O4/c1-28(17-21-9-2-3-11-33-21)22(30)13-25(19-7-4-8-20(26)12-19)14-23(31)29(24(25)32)16-18-6-5-10-27-15-18/h4-8,10,12,15,21H,2-3,9,11,13-14,16-17H2,1H3. The van der Waals surface area contributed by atoms with Crippen LogP contribution in [0.3, 0.4) is 0 Å². The SMILES string of the molecule is CN(CC1CCCCO1)C(=O)CC1(c2cccc(F)c2)CC(=O)N(Cc2cccnc2)C1=O. The molecule has 2 fully saturated rings. The molecule has 2 saturated heterocycles. The van der Waals surface area contributed by atoms with Gasteiger partial charge in [-0.25, -0.2) is 4.39 Å². The molecule has 2 aliphatic heterocycles. The number of pyridine rings is 1. The van der Waals surface area contributed by atoms with Crippen LogP contribution < -0.4 is 0 Å². The fraction of sp³-hybridized carbons (Fsp3) is 0.440. The van der Waals surface area contributed by atoms with Gasteiger partial charge in [0, 0.05) is 45.4 Å². The normalized spacial score (nSPS) is 23.1. The summed E-state index contributed by atoms with van der Waals surface area (Å²) >= 11 is 0. The van der Waals surface area contributed by atoms with Gasteiger partial charge >= 0.3 is 0 Å². The van der Waals surface area contributed by atoms with Gasteiger partial charge in [-0.15, -0.1) is 0 Å². The first kappa shape index (κ1) is 23.0. The van der Waals surface area contributed by atoms with E-state index in [1.54, 1.807) is 42.5 Å². The van der Waals surface area contributed by atoms with Gasteiger partial charge in [-0.2, -0.15) is 0 Å². The number of imide groups is 1. The number of amides is 3. The Hall–Kier alpha value is -3.13. The van der Waals surface area contributed by atoms with Gasteiger partial charge < -0.3 is 9.64 Å². The van der Waals surface area contributed by atoms with Crippen LogP contribution >= 0.6 is 0 Å². The molecule has 2 unspecified atom stereocenters. The molecule has 33 heavy (non-hydrogen) atoms. The summed E-state index contributed by atoms with van der Waals surface area (Å²) in [5, 5.41) is 0. The maximum atomic E-state index is 14.1. The molecule has 3 heterocycles. The van der Waals surface area contributed by atoms with Crippen molar-refractivity contribution in [3.63, 3.8) is 0 Å². The molecule has 0 spiro atoms. The van der Waals surface area contributed by atoms with Gasteiger partial charge in [-0.1, -0.05) is 18.2 Å². The molecular weight excluding hydrogens is 425 g/mol. The Bertz CT molecular complexity index is 1030. The quantitative estimate of drug-likeness (QED) is 0.603. The fourth-order valence-corrected chi connectivity index (χ4v) is 4.64. The van der Waals surface area contributed by atoms with Crippen LogP contribution in [0.1, 0.15) is 43.2 Å². The van der Waals surface area contributed by atoms with E-state index in [1.165, 1.54) is 18.2 Å². The van der Waals surface area contributed by atoms with Crippen molar-refractivity contribution < 1.29 is 23.5 Å². The van der Waals surface area contributed by atoms with Crippen molar-refractivity contribution in [3.8, 4) is 0 Å². The largest absolute Gasteiger partial charge is 0.376 e. The van der Waals surface area contributed by atoms with Crippen LogP contribution in [0.5, 0.6) is 0 Å². The highest BCUT2D eigenvalue weighted by Crippen LogP contribution is 2.41. The molecular formula is C25H28FN3O4. The molecule has 3 amide bonds. The number of rotatable bonds is 7. The third-order valence-electron chi connectivity index (χ3n) is 6.48. The first-order chi connectivity index (χ1) is 15.9. The molecule has 2 aromatic rings. The van der Waals surface area contributed by atoms with Gasteiger partial charge in [-0.05, 0) is 48.6 Å². The van der Waals surface area contributed by atoms with Gasteiger partial charge in [0.25, 0.3) is 0 Å². The Morgan fingerprint density at radius 3 is 2.82 bits per heavy atom. The van der Waals surface area contributed by atoms with Crippen molar-refractivity contribution in [3.05, 3.63) is 65.7 Å². The molecule has 2 aliphatic rings. The summed E-state index contributed by atoms with van der Waals surface area (Å²) in [5.41, 5.74) is -0.405. The minimum Gasteiger partial charge on any atom is -0.376 e. The highest BCUT2D eigenvalue weighted by Gasteiger charge is 2.54. The Kier molecular flexibility index (Phi) is 6.83. The first-order valence-electron chi connectivity index (χ1n) is 11.2. The first-order valence-corrected chi connectivity index (χ1v) is 11.2. The zero-order valence-corrected chi connectivity index (χ0v) is 18.7. The third-order valence-corrected chi connectivity index (χ3v) is 6.48. The Labute approximate surface area is 192 Å². The van der Waals surface area contributed by atoms with Crippen molar-refractivity contribution >= 4 is 17.7 Å². The summed E-state index contributed by atoms with van der Waals surface area (Å²) in [5.74, 6) is -1.68. The van der Waals surface area contributed by atoms with Crippen molar-refractivity contribution in [2.45, 2.75) is 50.2 Å². The maximum absolute atomic E-state index is 14.1. The summed E-state index contributed by atoms with van der Waals surface area (Å²) in [6.45, 7) is 1.15. The molecule has 8 heteroatoms. The Morgan fingerprint density at radius 1 is 1.27 bits per heavy atom. The predicted molar refractivity (Wildman–Crippen MR) is 118 cm³/mol. The second kappa shape index (κ2) is 9.79. The number of carbonyl (C=O) groups excluding carboxylic acids is 3. The van der Waals surface area contributed by atoms with Crippen LogP contribution in [0.4, 0.5) is 4.39 Å². The average Bonchev–Trinajstić information content (AvgIpc) is 3.05. The number of aromatic nitrogens is 1. The van der Waals surface area contributed by atoms with E-state index < -0.39 is 17.1 Å². The summed E-state index contributed by atoms with van der Waals surface area (Å²) in [4.78, 5) is 46.6. The van der Waals surface area contributed by atoms with Crippen LogP contribution in [0.15, 0.2) is 48.8 Å². The maximum Gasteiger partial charge on any atom is 0.241 e. The summed E-state index contributed by atoms with van der Waals surface area (Å²) in [7, 11) is 1.67. The smallest absolute Gasteiger partial charge is 0.241 e.